The summed E-state index contributed by atoms with van der Waals surface area (Å²) < 4.78 is 5.26. The molecule has 0 saturated carbocycles. The molecule has 2 aliphatic heterocycles. The van der Waals surface area contributed by atoms with Gasteiger partial charge in [0.25, 0.3) is 0 Å². The average Bonchev–Trinajstić information content (AvgIpc) is 2.75. The van der Waals surface area contributed by atoms with Crippen LogP contribution < -0.4 is 5.32 Å². The Hall–Kier alpha value is -1.14. The normalized spacial score (nSPS) is 30.3. The van der Waals surface area contributed by atoms with Gasteiger partial charge in [0.05, 0.1) is 19.3 Å². The van der Waals surface area contributed by atoms with E-state index < -0.39 is 0 Å². The standard InChI is InChI=1S/C10H16N2O4/c13-6-7-5-12(3-4-16-7)10(15)8-1-2-9(14)11-8/h7-8,13H,1-6H2,(H,11,14)/t7?,8-/m0/s1. The quantitative estimate of drug-likeness (QED) is 0.602. The van der Waals surface area contributed by atoms with Crippen molar-refractivity contribution in [1.82, 2.24) is 10.2 Å². The second-order valence-electron chi connectivity index (χ2n) is 4.12. The van der Waals surface area contributed by atoms with Gasteiger partial charge in [-0.2, -0.15) is 0 Å². The summed E-state index contributed by atoms with van der Waals surface area (Å²) in [5, 5.41) is 11.6. The monoisotopic (exact) mass is 228 g/mol. The first-order valence-corrected chi connectivity index (χ1v) is 5.51. The van der Waals surface area contributed by atoms with Gasteiger partial charge in [0.15, 0.2) is 0 Å². The Balaban J connectivity index is 1.91. The van der Waals surface area contributed by atoms with Gasteiger partial charge in [-0.15, -0.1) is 0 Å². The number of carbonyl (C=O) groups is 2. The highest BCUT2D eigenvalue weighted by Crippen LogP contribution is 2.12. The molecule has 2 N–H and O–H groups in total. The third kappa shape index (κ3) is 2.33. The van der Waals surface area contributed by atoms with E-state index in [4.69, 9.17) is 9.84 Å². The van der Waals surface area contributed by atoms with Crippen LogP contribution in [0, 0.1) is 0 Å². The molecular weight excluding hydrogens is 212 g/mol. The van der Waals surface area contributed by atoms with Crippen molar-refractivity contribution in [3.63, 3.8) is 0 Å². The predicted molar refractivity (Wildman–Crippen MR) is 54.6 cm³/mol. The van der Waals surface area contributed by atoms with E-state index in [-0.39, 0.29) is 30.6 Å². The summed E-state index contributed by atoms with van der Waals surface area (Å²) in [6, 6.07) is -0.384. The van der Waals surface area contributed by atoms with E-state index in [0.29, 0.717) is 32.5 Å². The van der Waals surface area contributed by atoms with Crippen LogP contribution in [0.15, 0.2) is 0 Å². The van der Waals surface area contributed by atoms with Gasteiger partial charge in [-0.3, -0.25) is 9.59 Å². The molecule has 2 amide bonds. The molecule has 2 rings (SSSR count). The SMILES string of the molecule is O=C1CC[C@@H](C(=O)N2CCOC(CO)C2)N1. The van der Waals surface area contributed by atoms with E-state index >= 15 is 0 Å². The second kappa shape index (κ2) is 4.80. The lowest BCUT2D eigenvalue weighted by Gasteiger charge is -2.33. The van der Waals surface area contributed by atoms with Gasteiger partial charge in [0.1, 0.15) is 6.04 Å². The third-order valence-electron chi connectivity index (χ3n) is 2.95. The maximum absolute atomic E-state index is 12.0. The predicted octanol–water partition coefficient (Wildman–Crippen LogP) is -1.52. The Morgan fingerprint density at radius 3 is 3.06 bits per heavy atom. The lowest BCUT2D eigenvalue weighted by Crippen LogP contribution is -2.52. The van der Waals surface area contributed by atoms with Crippen LogP contribution in [0.4, 0.5) is 0 Å². The zero-order valence-electron chi connectivity index (χ0n) is 9.02. The summed E-state index contributed by atoms with van der Waals surface area (Å²) in [6.07, 6.45) is 0.693. The number of morpholine rings is 1. The van der Waals surface area contributed by atoms with Crippen molar-refractivity contribution in [2.24, 2.45) is 0 Å². The minimum absolute atomic E-state index is 0.0624. The van der Waals surface area contributed by atoms with Gasteiger partial charge in [0, 0.05) is 19.5 Å². The van der Waals surface area contributed by atoms with Crippen molar-refractivity contribution in [2.75, 3.05) is 26.3 Å². The van der Waals surface area contributed by atoms with E-state index in [2.05, 4.69) is 5.32 Å². The molecule has 90 valence electrons. The first kappa shape index (κ1) is 11.3. The van der Waals surface area contributed by atoms with E-state index in [1.807, 2.05) is 0 Å². The van der Waals surface area contributed by atoms with Crippen LogP contribution in [-0.2, 0) is 14.3 Å². The van der Waals surface area contributed by atoms with Gasteiger partial charge < -0.3 is 20.1 Å². The molecule has 6 nitrogen and oxygen atoms in total. The number of rotatable bonds is 2. The fourth-order valence-corrected chi connectivity index (χ4v) is 2.05. The Morgan fingerprint density at radius 1 is 1.62 bits per heavy atom. The molecular formula is C10H16N2O4. The highest BCUT2D eigenvalue weighted by atomic mass is 16.5. The first-order chi connectivity index (χ1) is 7.70. The average molecular weight is 228 g/mol. The summed E-state index contributed by atoms with van der Waals surface area (Å²) in [6.45, 7) is 1.29. The minimum Gasteiger partial charge on any atom is -0.394 e. The second-order valence-corrected chi connectivity index (χ2v) is 4.12. The van der Waals surface area contributed by atoms with Crippen LogP contribution in [-0.4, -0.2) is 60.3 Å². The van der Waals surface area contributed by atoms with Crippen molar-refractivity contribution in [1.29, 1.82) is 0 Å². The molecule has 0 aromatic heterocycles. The Labute approximate surface area is 93.6 Å². The molecule has 1 unspecified atom stereocenters. The van der Waals surface area contributed by atoms with E-state index in [1.165, 1.54) is 0 Å². The van der Waals surface area contributed by atoms with Crippen molar-refractivity contribution < 1.29 is 19.4 Å². The van der Waals surface area contributed by atoms with Crippen LogP contribution >= 0.6 is 0 Å². The summed E-state index contributed by atoms with van der Waals surface area (Å²) in [7, 11) is 0. The number of nitrogens with zero attached hydrogens (tertiary/aromatic N) is 1. The molecule has 2 saturated heterocycles. The van der Waals surface area contributed by atoms with Crippen molar-refractivity contribution in [3.05, 3.63) is 0 Å². The Bertz CT molecular complexity index is 295. The van der Waals surface area contributed by atoms with Crippen LogP contribution in [0.1, 0.15) is 12.8 Å². The number of carbonyl (C=O) groups excluding carboxylic acids is 2. The lowest BCUT2D eigenvalue weighted by molar-refractivity contribution is -0.142. The van der Waals surface area contributed by atoms with Crippen LogP contribution in [0.25, 0.3) is 0 Å². The molecule has 2 atom stereocenters. The molecule has 0 bridgehead atoms. The molecule has 0 aliphatic carbocycles. The number of aliphatic hydroxyl groups excluding tert-OH is 1. The number of amides is 2. The number of hydrogen-bond donors (Lipinski definition) is 2. The molecule has 0 aromatic carbocycles. The highest BCUT2D eigenvalue weighted by molar-refractivity contribution is 5.90. The molecule has 0 radical (unpaired) electrons. The largest absolute Gasteiger partial charge is 0.394 e. The fourth-order valence-electron chi connectivity index (χ4n) is 2.05. The zero-order valence-corrected chi connectivity index (χ0v) is 9.02. The molecule has 0 spiro atoms. The zero-order chi connectivity index (χ0) is 11.5. The number of nitrogens with one attached hydrogen (secondary N) is 1. The Morgan fingerprint density at radius 2 is 2.44 bits per heavy atom. The van der Waals surface area contributed by atoms with Crippen LogP contribution in [0.2, 0.25) is 0 Å². The fraction of sp³-hybridized carbons (Fsp3) is 0.800. The molecule has 2 fully saturated rings. The van der Waals surface area contributed by atoms with Crippen molar-refractivity contribution in [3.8, 4) is 0 Å². The van der Waals surface area contributed by atoms with Gasteiger partial charge in [0.2, 0.25) is 11.8 Å². The van der Waals surface area contributed by atoms with Gasteiger partial charge in [-0.05, 0) is 6.42 Å². The lowest BCUT2D eigenvalue weighted by atomic mass is 10.2. The molecule has 2 heterocycles. The number of ether oxygens (including phenoxy) is 1. The van der Waals surface area contributed by atoms with Crippen LogP contribution in [0.5, 0.6) is 0 Å². The van der Waals surface area contributed by atoms with E-state index in [1.54, 1.807) is 4.90 Å². The van der Waals surface area contributed by atoms with Crippen LogP contribution in [0.3, 0.4) is 0 Å². The van der Waals surface area contributed by atoms with Crippen molar-refractivity contribution in [2.45, 2.75) is 25.0 Å². The van der Waals surface area contributed by atoms with Crippen molar-refractivity contribution >= 4 is 11.8 Å². The molecule has 2 aliphatic rings. The van der Waals surface area contributed by atoms with E-state index in [9.17, 15) is 9.59 Å². The van der Waals surface area contributed by atoms with Gasteiger partial charge in [-0.25, -0.2) is 0 Å². The van der Waals surface area contributed by atoms with Gasteiger partial charge >= 0.3 is 0 Å². The topological polar surface area (TPSA) is 78.9 Å². The highest BCUT2D eigenvalue weighted by Gasteiger charge is 2.33. The molecule has 6 heteroatoms. The Kier molecular flexibility index (Phi) is 3.40. The number of hydrogen-bond acceptors (Lipinski definition) is 4. The maximum Gasteiger partial charge on any atom is 0.245 e. The first-order valence-electron chi connectivity index (χ1n) is 5.51. The minimum atomic E-state index is -0.384. The summed E-state index contributed by atoms with van der Waals surface area (Å²) in [5.74, 6) is -0.127. The maximum atomic E-state index is 12.0. The van der Waals surface area contributed by atoms with Gasteiger partial charge in [-0.1, -0.05) is 0 Å². The van der Waals surface area contributed by atoms with E-state index in [0.717, 1.165) is 0 Å². The summed E-state index contributed by atoms with van der Waals surface area (Å²) in [5.41, 5.74) is 0. The third-order valence-corrected chi connectivity index (χ3v) is 2.95. The number of aliphatic hydroxyl groups is 1. The summed E-state index contributed by atoms with van der Waals surface area (Å²) in [4.78, 5) is 24.6. The molecule has 0 aromatic rings. The molecule has 16 heavy (non-hydrogen) atoms. The smallest absolute Gasteiger partial charge is 0.245 e. The summed E-state index contributed by atoms with van der Waals surface area (Å²) >= 11 is 0.